The third-order valence-electron chi connectivity index (χ3n) is 6.31. The van der Waals surface area contributed by atoms with Crippen molar-refractivity contribution in [3.05, 3.63) is 72.1 Å². The Hall–Kier alpha value is -3.92. The number of esters is 1. The molecule has 2 aromatic carbocycles. The van der Waals surface area contributed by atoms with Gasteiger partial charge in [-0.2, -0.15) is 5.26 Å². The third kappa shape index (κ3) is 5.96. The molecule has 7 nitrogen and oxygen atoms in total. The topological polar surface area (TPSA) is 82.3 Å². The van der Waals surface area contributed by atoms with Gasteiger partial charge in [-0.05, 0) is 35.9 Å². The number of carbonyl (C=O) groups is 1. The van der Waals surface area contributed by atoms with Crippen LogP contribution in [0.25, 0.3) is 17.1 Å². The molecule has 2 atom stereocenters. The standard InChI is InChI=1S/C28H31N5O2/c1-3-21(2)20-35-28(34)23(19-29)26-27(31-25-12-8-7-11-24(25)30-26)33-17-15-32(16-18-33)14-13-22-9-5-4-6-10-22/h4-14,21,23H,3,15-18,20H2,1-2H3/b14-13+/t21-,23-/m1/s1. The van der Waals surface area contributed by atoms with Gasteiger partial charge in [0, 0.05) is 26.2 Å². The average Bonchev–Trinajstić information content (AvgIpc) is 2.91. The van der Waals surface area contributed by atoms with Crippen molar-refractivity contribution in [2.24, 2.45) is 5.92 Å². The predicted octanol–water partition coefficient (Wildman–Crippen LogP) is 4.62. The van der Waals surface area contributed by atoms with E-state index < -0.39 is 11.9 Å². The van der Waals surface area contributed by atoms with E-state index in [0.717, 1.165) is 30.6 Å². The number of carbonyl (C=O) groups excluding carboxylic acids is 1. The molecule has 180 valence electrons. The van der Waals surface area contributed by atoms with Crippen LogP contribution in [0.3, 0.4) is 0 Å². The summed E-state index contributed by atoms with van der Waals surface area (Å²) in [6.07, 6.45) is 5.12. The first-order valence-corrected chi connectivity index (χ1v) is 12.1. The number of hydrogen-bond donors (Lipinski definition) is 0. The van der Waals surface area contributed by atoms with Gasteiger partial charge in [0.25, 0.3) is 0 Å². The molecule has 4 rings (SSSR count). The first-order valence-electron chi connectivity index (χ1n) is 12.1. The summed E-state index contributed by atoms with van der Waals surface area (Å²) in [5, 5.41) is 9.93. The highest BCUT2D eigenvalue weighted by atomic mass is 16.5. The number of aromatic nitrogens is 2. The minimum absolute atomic E-state index is 0.234. The number of nitrogens with zero attached hydrogens (tertiary/aromatic N) is 5. The molecule has 1 aliphatic rings. The summed E-state index contributed by atoms with van der Waals surface area (Å²) in [6.45, 7) is 7.36. The molecule has 0 bridgehead atoms. The van der Waals surface area contributed by atoms with Crippen LogP contribution < -0.4 is 4.90 Å². The van der Waals surface area contributed by atoms with Crippen molar-refractivity contribution in [2.75, 3.05) is 37.7 Å². The number of rotatable bonds is 8. The van der Waals surface area contributed by atoms with Crippen LogP contribution in [-0.2, 0) is 9.53 Å². The van der Waals surface area contributed by atoms with Crippen molar-refractivity contribution >= 4 is 28.9 Å². The fourth-order valence-corrected chi connectivity index (χ4v) is 3.92. The summed E-state index contributed by atoms with van der Waals surface area (Å²) in [6, 6.07) is 19.9. The highest BCUT2D eigenvalue weighted by Crippen LogP contribution is 2.29. The van der Waals surface area contributed by atoms with Crippen LogP contribution in [0, 0.1) is 17.2 Å². The molecule has 1 aromatic heterocycles. The molecule has 1 saturated heterocycles. The number of benzene rings is 2. The zero-order valence-electron chi connectivity index (χ0n) is 20.3. The minimum atomic E-state index is -1.12. The molecule has 0 amide bonds. The lowest BCUT2D eigenvalue weighted by molar-refractivity contribution is -0.145. The fourth-order valence-electron chi connectivity index (χ4n) is 3.92. The van der Waals surface area contributed by atoms with Crippen molar-refractivity contribution in [2.45, 2.75) is 26.2 Å². The number of para-hydroxylation sites is 2. The van der Waals surface area contributed by atoms with E-state index in [9.17, 15) is 10.1 Å². The van der Waals surface area contributed by atoms with Crippen molar-refractivity contribution < 1.29 is 9.53 Å². The highest BCUT2D eigenvalue weighted by Gasteiger charge is 2.31. The van der Waals surface area contributed by atoms with Gasteiger partial charge in [-0.15, -0.1) is 0 Å². The Bertz CT molecular complexity index is 1210. The van der Waals surface area contributed by atoms with Gasteiger partial charge in [0.2, 0.25) is 0 Å². The van der Waals surface area contributed by atoms with Crippen LogP contribution in [-0.4, -0.2) is 53.6 Å². The molecule has 0 radical (unpaired) electrons. The molecule has 1 fully saturated rings. The number of ether oxygens (including phenoxy) is 1. The lowest BCUT2D eigenvalue weighted by Crippen LogP contribution is -2.45. The maximum Gasteiger partial charge on any atom is 0.329 e. The Morgan fingerprint density at radius 3 is 2.37 bits per heavy atom. The van der Waals surface area contributed by atoms with Crippen LogP contribution in [0.15, 0.2) is 60.8 Å². The third-order valence-corrected chi connectivity index (χ3v) is 6.31. The molecule has 0 spiro atoms. The molecule has 3 aromatic rings. The van der Waals surface area contributed by atoms with Gasteiger partial charge in [-0.3, -0.25) is 4.79 Å². The average molecular weight is 470 g/mol. The maximum atomic E-state index is 12.9. The zero-order valence-corrected chi connectivity index (χ0v) is 20.3. The second-order valence-corrected chi connectivity index (χ2v) is 8.88. The van der Waals surface area contributed by atoms with E-state index in [-0.39, 0.29) is 12.5 Å². The van der Waals surface area contributed by atoms with Crippen LogP contribution in [0.4, 0.5) is 5.82 Å². The first-order chi connectivity index (χ1) is 17.1. The van der Waals surface area contributed by atoms with Gasteiger partial charge in [0.1, 0.15) is 5.69 Å². The number of hydrogen-bond acceptors (Lipinski definition) is 7. The quantitative estimate of drug-likeness (QED) is 0.445. The number of anilines is 1. The summed E-state index contributed by atoms with van der Waals surface area (Å²) in [7, 11) is 0. The Morgan fingerprint density at radius 1 is 1.06 bits per heavy atom. The van der Waals surface area contributed by atoms with Crippen molar-refractivity contribution in [3.63, 3.8) is 0 Å². The summed E-state index contributed by atoms with van der Waals surface area (Å²) in [4.78, 5) is 26.9. The largest absolute Gasteiger partial charge is 0.464 e. The number of fused-ring (bicyclic) bond motifs is 1. The minimum Gasteiger partial charge on any atom is -0.464 e. The molecule has 35 heavy (non-hydrogen) atoms. The van der Waals surface area contributed by atoms with Gasteiger partial charge in [-0.1, -0.05) is 62.7 Å². The highest BCUT2D eigenvalue weighted by molar-refractivity contribution is 5.85. The Balaban J connectivity index is 1.56. The van der Waals surface area contributed by atoms with Gasteiger partial charge in [0.15, 0.2) is 11.7 Å². The van der Waals surface area contributed by atoms with E-state index in [2.05, 4.69) is 40.3 Å². The summed E-state index contributed by atoms with van der Waals surface area (Å²) < 4.78 is 5.48. The molecule has 0 saturated carbocycles. The molecular weight excluding hydrogens is 438 g/mol. The smallest absolute Gasteiger partial charge is 0.329 e. The SMILES string of the molecule is CC[C@@H](C)COC(=O)[C@H](C#N)c1nc2ccccc2nc1N1CCN(/C=C/c2ccccc2)CC1. The van der Waals surface area contributed by atoms with E-state index in [1.165, 1.54) is 0 Å². The van der Waals surface area contributed by atoms with Crippen LogP contribution in [0.5, 0.6) is 0 Å². The van der Waals surface area contributed by atoms with Gasteiger partial charge >= 0.3 is 5.97 Å². The van der Waals surface area contributed by atoms with E-state index >= 15 is 0 Å². The van der Waals surface area contributed by atoms with Gasteiger partial charge in [0.05, 0.1) is 23.7 Å². The van der Waals surface area contributed by atoms with Gasteiger partial charge < -0.3 is 14.5 Å². The fraction of sp³-hybridized carbons (Fsp3) is 0.357. The van der Waals surface area contributed by atoms with Crippen LogP contribution in [0.1, 0.15) is 37.4 Å². The summed E-state index contributed by atoms with van der Waals surface area (Å²) in [5.41, 5.74) is 2.92. The van der Waals surface area contributed by atoms with Crippen molar-refractivity contribution in [1.82, 2.24) is 14.9 Å². The second-order valence-electron chi connectivity index (χ2n) is 8.88. The molecule has 0 unspecified atom stereocenters. The molecular formula is C28H31N5O2. The monoisotopic (exact) mass is 469 g/mol. The molecule has 0 aliphatic carbocycles. The summed E-state index contributed by atoms with van der Waals surface area (Å²) >= 11 is 0. The maximum absolute atomic E-state index is 12.9. The zero-order chi connectivity index (χ0) is 24.6. The van der Waals surface area contributed by atoms with Crippen LogP contribution in [0.2, 0.25) is 0 Å². The lowest BCUT2D eigenvalue weighted by Gasteiger charge is -2.35. The summed E-state index contributed by atoms with van der Waals surface area (Å²) in [5.74, 6) is -0.870. The Labute approximate surface area is 206 Å². The molecule has 1 aliphatic heterocycles. The second kappa shape index (κ2) is 11.5. The van der Waals surface area contributed by atoms with Crippen molar-refractivity contribution in [3.8, 4) is 6.07 Å². The van der Waals surface area contributed by atoms with Gasteiger partial charge in [-0.25, -0.2) is 9.97 Å². The first kappa shape index (κ1) is 24.2. The molecule has 7 heteroatoms. The predicted molar refractivity (Wildman–Crippen MR) is 138 cm³/mol. The van der Waals surface area contributed by atoms with E-state index in [4.69, 9.17) is 14.7 Å². The lowest BCUT2D eigenvalue weighted by atomic mass is 10.1. The van der Waals surface area contributed by atoms with Crippen LogP contribution >= 0.6 is 0 Å². The van der Waals surface area contributed by atoms with E-state index in [0.29, 0.717) is 30.1 Å². The molecule has 2 heterocycles. The molecule has 0 N–H and O–H groups in total. The van der Waals surface area contributed by atoms with E-state index in [1.807, 2.05) is 56.3 Å². The number of nitriles is 1. The Morgan fingerprint density at radius 2 is 1.71 bits per heavy atom. The van der Waals surface area contributed by atoms with Crippen molar-refractivity contribution in [1.29, 1.82) is 5.26 Å². The Kier molecular flexibility index (Phi) is 7.94. The van der Waals surface area contributed by atoms with E-state index in [1.54, 1.807) is 0 Å². The number of piperazine rings is 1. The normalized spacial score (nSPS) is 15.7.